The molecule has 108 valence electrons. The van der Waals surface area contributed by atoms with Gasteiger partial charge >= 0.3 is 0 Å². The summed E-state index contributed by atoms with van der Waals surface area (Å²) < 4.78 is 27.3. The van der Waals surface area contributed by atoms with Crippen LogP contribution in [0.25, 0.3) is 0 Å². The molecule has 0 bridgehead atoms. The zero-order valence-corrected chi connectivity index (χ0v) is 13.8. The Hall–Kier alpha value is -0.590. The third-order valence-corrected chi connectivity index (χ3v) is 4.41. The first-order chi connectivity index (χ1) is 8.93. The molecule has 0 atom stereocenters. The molecule has 1 aromatic carbocycles. The van der Waals surface area contributed by atoms with E-state index in [1.54, 1.807) is 6.07 Å². The quantitative estimate of drug-likeness (QED) is 0.710. The topological polar surface area (TPSA) is 58.2 Å². The van der Waals surface area contributed by atoms with E-state index in [1.165, 1.54) is 0 Å². The first kappa shape index (κ1) is 16.5. The van der Waals surface area contributed by atoms with E-state index in [4.69, 9.17) is 0 Å². The fourth-order valence-corrected chi connectivity index (χ4v) is 3.52. The van der Waals surface area contributed by atoms with Crippen molar-refractivity contribution in [2.45, 2.75) is 26.7 Å². The van der Waals surface area contributed by atoms with Crippen LogP contribution in [0.4, 0.5) is 5.69 Å². The van der Waals surface area contributed by atoms with Crippen molar-refractivity contribution in [2.24, 2.45) is 0 Å². The number of halogens is 1. The molecule has 0 aliphatic rings. The molecule has 0 aliphatic heterocycles. The number of benzene rings is 1. The Labute approximate surface area is 124 Å². The lowest BCUT2D eigenvalue weighted by molar-refractivity contribution is 0.593. The van der Waals surface area contributed by atoms with Gasteiger partial charge in [0.15, 0.2) is 0 Å². The third-order valence-electron chi connectivity index (χ3n) is 2.58. The number of rotatable bonds is 8. The molecule has 19 heavy (non-hydrogen) atoms. The van der Waals surface area contributed by atoms with Gasteiger partial charge in [0, 0.05) is 10.2 Å². The van der Waals surface area contributed by atoms with Crippen LogP contribution in [-0.2, 0) is 10.0 Å². The second kappa shape index (κ2) is 7.87. The van der Waals surface area contributed by atoms with Crippen molar-refractivity contribution in [2.75, 3.05) is 23.6 Å². The van der Waals surface area contributed by atoms with E-state index in [0.29, 0.717) is 12.1 Å². The maximum Gasteiger partial charge on any atom is 0.232 e. The van der Waals surface area contributed by atoms with Crippen LogP contribution in [0.5, 0.6) is 0 Å². The van der Waals surface area contributed by atoms with Gasteiger partial charge in [-0.1, -0.05) is 22.9 Å². The molecule has 0 amide bonds. The van der Waals surface area contributed by atoms with E-state index in [9.17, 15) is 8.42 Å². The minimum atomic E-state index is -3.25. The molecule has 0 spiro atoms. The van der Waals surface area contributed by atoms with Crippen molar-refractivity contribution in [3.8, 4) is 0 Å². The van der Waals surface area contributed by atoms with Crippen LogP contribution in [0.2, 0.25) is 0 Å². The highest BCUT2D eigenvalue weighted by atomic mass is 79.9. The van der Waals surface area contributed by atoms with Crippen LogP contribution in [-0.4, -0.2) is 27.3 Å². The summed E-state index contributed by atoms with van der Waals surface area (Å²) in [7, 11) is -3.25. The number of nitrogens with one attached hydrogen (secondary N) is 2. The average molecular weight is 349 g/mol. The molecule has 1 aromatic rings. The van der Waals surface area contributed by atoms with E-state index in [0.717, 1.165) is 29.5 Å². The molecule has 0 fully saturated rings. The van der Waals surface area contributed by atoms with Gasteiger partial charge in [0.05, 0.1) is 5.75 Å². The second-order valence-corrected chi connectivity index (χ2v) is 7.26. The predicted molar refractivity (Wildman–Crippen MR) is 84.1 cm³/mol. The molecule has 2 N–H and O–H groups in total. The summed E-state index contributed by atoms with van der Waals surface area (Å²) in [5.74, 6) is 0.157. The SMILES string of the molecule is CCNCCCCS(=O)(=O)Nc1cc(C)cc(Br)c1. The molecular formula is C13H21BrN2O2S. The third kappa shape index (κ3) is 6.94. The predicted octanol–water partition coefficient (Wildman–Crippen LogP) is 2.89. The largest absolute Gasteiger partial charge is 0.317 e. The number of anilines is 1. The van der Waals surface area contributed by atoms with E-state index < -0.39 is 10.0 Å². The molecule has 1 rings (SSSR count). The molecule has 6 heteroatoms. The first-order valence-electron chi connectivity index (χ1n) is 6.41. The van der Waals surface area contributed by atoms with E-state index in [-0.39, 0.29) is 5.75 Å². The number of aryl methyl sites for hydroxylation is 1. The second-order valence-electron chi connectivity index (χ2n) is 4.50. The van der Waals surface area contributed by atoms with Crippen molar-refractivity contribution < 1.29 is 8.42 Å². The van der Waals surface area contributed by atoms with Crippen LogP contribution in [0.15, 0.2) is 22.7 Å². The Morgan fingerprint density at radius 1 is 1.21 bits per heavy atom. The van der Waals surface area contributed by atoms with Gasteiger partial charge in [-0.05, 0) is 56.6 Å². The van der Waals surface area contributed by atoms with Gasteiger partial charge in [-0.25, -0.2) is 8.42 Å². The molecule has 0 heterocycles. The van der Waals surface area contributed by atoms with Gasteiger partial charge < -0.3 is 5.32 Å². The molecule has 0 aromatic heterocycles. The van der Waals surface area contributed by atoms with Gasteiger partial charge in [0.25, 0.3) is 0 Å². The van der Waals surface area contributed by atoms with E-state index >= 15 is 0 Å². The van der Waals surface area contributed by atoms with E-state index in [2.05, 4.69) is 26.0 Å². The van der Waals surface area contributed by atoms with Crippen LogP contribution in [0.1, 0.15) is 25.3 Å². The molecule has 0 saturated heterocycles. The van der Waals surface area contributed by atoms with Gasteiger partial charge in [-0.3, -0.25) is 4.72 Å². The first-order valence-corrected chi connectivity index (χ1v) is 8.86. The van der Waals surface area contributed by atoms with Gasteiger partial charge in [0.1, 0.15) is 0 Å². The van der Waals surface area contributed by atoms with Crippen LogP contribution in [0, 0.1) is 6.92 Å². The summed E-state index contributed by atoms with van der Waals surface area (Å²) in [6, 6.07) is 5.53. The van der Waals surface area contributed by atoms with Crippen molar-refractivity contribution >= 4 is 31.6 Å². The fourth-order valence-electron chi connectivity index (χ4n) is 1.74. The standard InChI is InChI=1S/C13H21BrN2O2S/c1-3-15-6-4-5-7-19(17,18)16-13-9-11(2)8-12(14)10-13/h8-10,15-16H,3-7H2,1-2H3. The lowest BCUT2D eigenvalue weighted by Crippen LogP contribution is -2.19. The smallest absolute Gasteiger partial charge is 0.232 e. The lowest BCUT2D eigenvalue weighted by Gasteiger charge is -2.09. The summed E-state index contributed by atoms with van der Waals surface area (Å²) in [4.78, 5) is 0. The minimum Gasteiger partial charge on any atom is -0.317 e. The Morgan fingerprint density at radius 2 is 1.95 bits per heavy atom. The average Bonchev–Trinajstić information content (AvgIpc) is 2.26. The highest BCUT2D eigenvalue weighted by Crippen LogP contribution is 2.20. The Kier molecular flexibility index (Phi) is 6.82. The number of sulfonamides is 1. The Morgan fingerprint density at radius 3 is 2.58 bits per heavy atom. The maximum atomic E-state index is 11.9. The zero-order chi connectivity index (χ0) is 14.3. The number of hydrogen-bond acceptors (Lipinski definition) is 3. The fraction of sp³-hybridized carbons (Fsp3) is 0.538. The van der Waals surface area contributed by atoms with Crippen LogP contribution < -0.4 is 10.0 Å². The van der Waals surface area contributed by atoms with Gasteiger partial charge in [0.2, 0.25) is 10.0 Å². The van der Waals surface area contributed by atoms with Crippen molar-refractivity contribution in [1.29, 1.82) is 0 Å². The highest BCUT2D eigenvalue weighted by molar-refractivity contribution is 9.10. The molecule has 0 radical (unpaired) electrons. The Balaban J connectivity index is 2.49. The monoisotopic (exact) mass is 348 g/mol. The number of unbranched alkanes of at least 4 members (excludes halogenated alkanes) is 1. The maximum absolute atomic E-state index is 11.9. The van der Waals surface area contributed by atoms with Crippen molar-refractivity contribution in [3.05, 3.63) is 28.2 Å². The molecule has 0 unspecified atom stereocenters. The minimum absolute atomic E-state index is 0.157. The molecular weight excluding hydrogens is 328 g/mol. The summed E-state index contributed by atoms with van der Waals surface area (Å²) in [6.07, 6.45) is 1.53. The van der Waals surface area contributed by atoms with Crippen LogP contribution >= 0.6 is 15.9 Å². The normalized spacial score (nSPS) is 11.5. The molecule has 4 nitrogen and oxygen atoms in total. The van der Waals surface area contributed by atoms with E-state index in [1.807, 2.05) is 26.0 Å². The van der Waals surface area contributed by atoms with Crippen molar-refractivity contribution in [1.82, 2.24) is 5.32 Å². The summed E-state index contributed by atoms with van der Waals surface area (Å²) in [6.45, 7) is 5.75. The number of hydrogen-bond donors (Lipinski definition) is 2. The van der Waals surface area contributed by atoms with Crippen molar-refractivity contribution in [3.63, 3.8) is 0 Å². The summed E-state index contributed by atoms with van der Waals surface area (Å²) in [5, 5.41) is 3.18. The summed E-state index contributed by atoms with van der Waals surface area (Å²) >= 11 is 3.36. The van der Waals surface area contributed by atoms with Gasteiger partial charge in [-0.2, -0.15) is 0 Å². The lowest BCUT2D eigenvalue weighted by atomic mass is 10.2. The van der Waals surface area contributed by atoms with Gasteiger partial charge in [-0.15, -0.1) is 0 Å². The zero-order valence-electron chi connectivity index (χ0n) is 11.4. The molecule has 0 saturated carbocycles. The Bertz CT molecular complexity index is 483. The summed E-state index contributed by atoms with van der Waals surface area (Å²) in [5.41, 5.74) is 1.62. The molecule has 0 aliphatic carbocycles. The van der Waals surface area contributed by atoms with Crippen LogP contribution in [0.3, 0.4) is 0 Å². The highest BCUT2D eigenvalue weighted by Gasteiger charge is 2.10.